The summed E-state index contributed by atoms with van der Waals surface area (Å²) in [6, 6.07) is 11.9. The van der Waals surface area contributed by atoms with Crippen LogP contribution in [0, 0.1) is 5.92 Å². The van der Waals surface area contributed by atoms with Crippen molar-refractivity contribution in [1.82, 2.24) is 4.90 Å². The molecule has 196 valence electrons. The van der Waals surface area contributed by atoms with Crippen molar-refractivity contribution in [1.29, 1.82) is 0 Å². The summed E-state index contributed by atoms with van der Waals surface area (Å²) in [5, 5.41) is 10.0. The van der Waals surface area contributed by atoms with Gasteiger partial charge in [0, 0.05) is 6.04 Å². The molecule has 0 aromatic heterocycles. The molecule has 1 atom stereocenters. The van der Waals surface area contributed by atoms with Crippen LogP contribution < -0.4 is 0 Å². The van der Waals surface area contributed by atoms with E-state index in [1.807, 2.05) is 19.9 Å². The van der Waals surface area contributed by atoms with Gasteiger partial charge in [-0.1, -0.05) is 63.4 Å². The van der Waals surface area contributed by atoms with Gasteiger partial charge >= 0.3 is 12.1 Å². The van der Waals surface area contributed by atoms with E-state index in [1.54, 1.807) is 0 Å². The van der Waals surface area contributed by atoms with E-state index in [4.69, 9.17) is 0 Å². The van der Waals surface area contributed by atoms with E-state index in [2.05, 4.69) is 17.0 Å². The van der Waals surface area contributed by atoms with Crippen LogP contribution in [0.1, 0.15) is 93.7 Å². The van der Waals surface area contributed by atoms with Crippen LogP contribution in [0.15, 0.2) is 42.5 Å². The summed E-state index contributed by atoms with van der Waals surface area (Å²) in [6.45, 7) is 6.11. The third-order valence-corrected chi connectivity index (χ3v) is 8.02. The van der Waals surface area contributed by atoms with Crippen molar-refractivity contribution in [2.24, 2.45) is 5.92 Å². The normalized spacial score (nSPS) is 19.5. The first-order valence-electron chi connectivity index (χ1n) is 13.4. The van der Waals surface area contributed by atoms with Crippen molar-refractivity contribution in [3.8, 4) is 11.1 Å². The Kier molecular flexibility index (Phi) is 8.44. The van der Waals surface area contributed by atoms with Crippen molar-refractivity contribution in [2.75, 3.05) is 13.1 Å². The Morgan fingerprint density at radius 1 is 0.944 bits per heavy atom. The maximum absolute atomic E-state index is 13.1. The highest BCUT2D eigenvalue weighted by Crippen LogP contribution is 2.38. The van der Waals surface area contributed by atoms with Gasteiger partial charge in [0.15, 0.2) is 0 Å². The number of carboxylic acid groups (broad SMARTS) is 1. The second kappa shape index (κ2) is 11.4. The van der Waals surface area contributed by atoms with Crippen molar-refractivity contribution < 1.29 is 23.1 Å². The zero-order chi connectivity index (χ0) is 25.9. The van der Waals surface area contributed by atoms with Crippen LogP contribution in [0.4, 0.5) is 13.2 Å². The van der Waals surface area contributed by atoms with Crippen LogP contribution in [0.25, 0.3) is 11.1 Å². The molecular weight excluding hydrogens is 463 g/mol. The van der Waals surface area contributed by atoms with Crippen molar-refractivity contribution in [3.05, 3.63) is 59.2 Å². The molecule has 2 aromatic rings. The third-order valence-electron chi connectivity index (χ3n) is 8.02. The molecule has 0 bridgehead atoms. The molecule has 1 unspecified atom stereocenters. The van der Waals surface area contributed by atoms with Crippen LogP contribution in [0.2, 0.25) is 0 Å². The summed E-state index contributed by atoms with van der Waals surface area (Å²) in [4.78, 5) is 14.8. The molecule has 1 heterocycles. The number of hydrogen-bond acceptors (Lipinski definition) is 2. The second-order valence-corrected chi connectivity index (χ2v) is 11.1. The Labute approximate surface area is 212 Å². The lowest BCUT2D eigenvalue weighted by Gasteiger charge is -2.39. The number of alkyl halides is 3. The number of benzene rings is 2. The summed E-state index contributed by atoms with van der Waals surface area (Å²) in [7, 11) is 0. The van der Waals surface area contributed by atoms with E-state index in [0.29, 0.717) is 23.9 Å². The first kappa shape index (κ1) is 26.7. The molecule has 2 fully saturated rings. The number of rotatable bonds is 7. The molecule has 0 spiro atoms. The summed E-state index contributed by atoms with van der Waals surface area (Å²) in [5.41, 5.74) is 2.65. The maximum Gasteiger partial charge on any atom is 0.416 e. The Morgan fingerprint density at radius 2 is 1.58 bits per heavy atom. The van der Waals surface area contributed by atoms with E-state index in [0.717, 1.165) is 54.8 Å². The summed E-state index contributed by atoms with van der Waals surface area (Å²) in [5.74, 6) is -0.957. The molecule has 1 N–H and O–H groups in total. The predicted octanol–water partition coefficient (Wildman–Crippen LogP) is 8.10. The molecule has 6 heteroatoms. The van der Waals surface area contributed by atoms with Gasteiger partial charge in [0.05, 0.1) is 11.5 Å². The fourth-order valence-electron chi connectivity index (χ4n) is 6.03. The van der Waals surface area contributed by atoms with Crippen LogP contribution in [0.3, 0.4) is 0 Å². The van der Waals surface area contributed by atoms with Gasteiger partial charge < -0.3 is 10.0 Å². The minimum atomic E-state index is -4.39. The number of hydrogen-bond donors (Lipinski definition) is 1. The average Bonchev–Trinajstić information content (AvgIpc) is 2.87. The maximum atomic E-state index is 13.1. The smallest absolute Gasteiger partial charge is 0.416 e. The molecule has 2 aromatic carbocycles. The standard InChI is InChI=1S/C30H38F3NO2/c1-20(2)16-28(29(35)36)25-18-23(21-8-10-26(11-9-21)30(31,32)33)17-24(19-25)22-12-14-34(15-13-22)27-6-4-3-5-7-27/h8-11,17-20,22,27-28H,3-7,12-16H2,1-2H3,(H,35,36). The fourth-order valence-corrected chi connectivity index (χ4v) is 6.03. The number of piperidine rings is 1. The van der Waals surface area contributed by atoms with Gasteiger partial charge in [-0.25, -0.2) is 0 Å². The minimum absolute atomic E-state index is 0.211. The van der Waals surface area contributed by atoms with Gasteiger partial charge in [-0.05, 0) is 91.4 Å². The molecule has 4 rings (SSSR count). The number of halogens is 3. The minimum Gasteiger partial charge on any atom is -0.481 e. The summed E-state index contributed by atoms with van der Waals surface area (Å²) >= 11 is 0. The molecule has 2 aliphatic rings. The lowest BCUT2D eigenvalue weighted by Crippen LogP contribution is -2.41. The van der Waals surface area contributed by atoms with Crippen LogP contribution in [-0.2, 0) is 11.0 Å². The molecule has 36 heavy (non-hydrogen) atoms. The van der Waals surface area contributed by atoms with Crippen LogP contribution in [0.5, 0.6) is 0 Å². The Balaban J connectivity index is 1.64. The predicted molar refractivity (Wildman–Crippen MR) is 137 cm³/mol. The molecular formula is C30H38F3NO2. The van der Waals surface area contributed by atoms with Gasteiger partial charge in [-0.2, -0.15) is 13.2 Å². The van der Waals surface area contributed by atoms with Gasteiger partial charge in [0.25, 0.3) is 0 Å². The Hall–Kier alpha value is -2.34. The number of aliphatic carboxylic acids is 1. The molecule has 0 amide bonds. The van der Waals surface area contributed by atoms with Gasteiger partial charge in [0.2, 0.25) is 0 Å². The number of carbonyl (C=O) groups is 1. The number of likely N-dealkylation sites (tertiary alicyclic amines) is 1. The van der Waals surface area contributed by atoms with E-state index >= 15 is 0 Å². The van der Waals surface area contributed by atoms with Gasteiger partial charge in [0.1, 0.15) is 0 Å². The lowest BCUT2D eigenvalue weighted by atomic mass is 9.82. The first-order chi connectivity index (χ1) is 17.1. The van der Waals surface area contributed by atoms with E-state index in [9.17, 15) is 23.1 Å². The first-order valence-corrected chi connectivity index (χ1v) is 13.4. The quantitative estimate of drug-likeness (QED) is 0.417. The van der Waals surface area contributed by atoms with E-state index in [-0.39, 0.29) is 5.92 Å². The molecule has 1 aliphatic heterocycles. The number of carboxylic acids is 1. The largest absolute Gasteiger partial charge is 0.481 e. The molecule has 1 saturated heterocycles. The number of nitrogens with zero attached hydrogens (tertiary/aromatic N) is 1. The van der Waals surface area contributed by atoms with E-state index < -0.39 is 23.6 Å². The van der Waals surface area contributed by atoms with Crippen LogP contribution in [-0.4, -0.2) is 35.1 Å². The highest BCUT2D eigenvalue weighted by Gasteiger charge is 2.31. The SMILES string of the molecule is CC(C)CC(C(=O)O)c1cc(-c2ccc(C(F)(F)F)cc2)cc(C2CCN(C3CCCCC3)CC2)c1. The lowest BCUT2D eigenvalue weighted by molar-refractivity contribution is -0.139. The third kappa shape index (κ3) is 6.50. The molecule has 1 saturated carbocycles. The zero-order valence-corrected chi connectivity index (χ0v) is 21.4. The molecule has 3 nitrogen and oxygen atoms in total. The van der Waals surface area contributed by atoms with Gasteiger partial charge in [-0.15, -0.1) is 0 Å². The average molecular weight is 502 g/mol. The highest BCUT2D eigenvalue weighted by atomic mass is 19.4. The monoisotopic (exact) mass is 501 g/mol. The van der Waals surface area contributed by atoms with E-state index in [1.165, 1.54) is 44.2 Å². The summed E-state index contributed by atoms with van der Waals surface area (Å²) in [6.07, 6.45) is 4.72. The Bertz CT molecular complexity index is 1020. The Morgan fingerprint density at radius 3 is 2.14 bits per heavy atom. The van der Waals surface area contributed by atoms with Crippen molar-refractivity contribution in [2.45, 2.75) is 89.3 Å². The topological polar surface area (TPSA) is 40.5 Å². The second-order valence-electron chi connectivity index (χ2n) is 11.1. The van der Waals surface area contributed by atoms with Gasteiger partial charge in [-0.3, -0.25) is 4.79 Å². The van der Waals surface area contributed by atoms with Crippen molar-refractivity contribution in [3.63, 3.8) is 0 Å². The highest BCUT2D eigenvalue weighted by molar-refractivity contribution is 5.77. The van der Waals surface area contributed by atoms with Crippen molar-refractivity contribution >= 4 is 5.97 Å². The zero-order valence-electron chi connectivity index (χ0n) is 21.4. The fraction of sp³-hybridized carbons (Fsp3) is 0.567. The molecule has 1 aliphatic carbocycles. The molecule has 0 radical (unpaired) electrons. The summed E-state index contributed by atoms with van der Waals surface area (Å²) < 4.78 is 39.3. The van der Waals surface area contributed by atoms with Crippen LogP contribution >= 0.6 is 0 Å².